The normalized spacial score (nSPS) is 10.8. The predicted octanol–water partition coefficient (Wildman–Crippen LogP) is 4.12. The molecule has 0 spiro atoms. The molecule has 0 aliphatic rings. The minimum atomic E-state index is -0.439. The van der Waals surface area contributed by atoms with E-state index in [-0.39, 0.29) is 21.4 Å². The Balaban J connectivity index is 2.13. The van der Waals surface area contributed by atoms with Gasteiger partial charge in [-0.25, -0.2) is 5.43 Å². The number of benzene rings is 2. The second-order valence-corrected chi connectivity index (χ2v) is 5.25. The zero-order valence-electron chi connectivity index (χ0n) is 10.5. The third-order valence-electron chi connectivity index (χ3n) is 2.56. The summed E-state index contributed by atoms with van der Waals surface area (Å²) in [4.78, 5) is 11.8. The fourth-order valence-electron chi connectivity index (χ4n) is 1.53. The van der Waals surface area contributed by atoms with Gasteiger partial charge in [-0.3, -0.25) is 4.79 Å². The van der Waals surface area contributed by atoms with E-state index in [9.17, 15) is 9.90 Å². The molecule has 0 unspecified atom stereocenters. The Kier molecular flexibility index (Phi) is 5.07. The van der Waals surface area contributed by atoms with Gasteiger partial charge in [0.15, 0.2) is 0 Å². The molecule has 0 atom stereocenters. The standard InChI is InChI=1S/C14H9Cl3N2O2/c15-9-3-1-2-8(6-9)14(21)19-18-7-10-11(16)4-5-12(17)13(10)20/h1-7,20H,(H,19,21). The monoisotopic (exact) mass is 342 g/mol. The summed E-state index contributed by atoms with van der Waals surface area (Å²) >= 11 is 17.5. The van der Waals surface area contributed by atoms with E-state index in [0.29, 0.717) is 10.6 Å². The maximum Gasteiger partial charge on any atom is 0.271 e. The Morgan fingerprint density at radius 1 is 1.14 bits per heavy atom. The fourth-order valence-corrected chi connectivity index (χ4v) is 2.09. The van der Waals surface area contributed by atoms with Gasteiger partial charge in [0, 0.05) is 10.6 Å². The molecule has 0 radical (unpaired) electrons. The summed E-state index contributed by atoms with van der Waals surface area (Å²) in [5.41, 5.74) is 2.89. The number of phenolic OH excluding ortho intramolecular Hbond substituents is 1. The quantitative estimate of drug-likeness (QED) is 0.650. The number of amides is 1. The van der Waals surface area contributed by atoms with Crippen molar-refractivity contribution in [1.29, 1.82) is 0 Å². The van der Waals surface area contributed by atoms with Crippen LogP contribution in [0.3, 0.4) is 0 Å². The maximum absolute atomic E-state index is 11.8. The van der Waals surface area contributed by atoms with Crippen LogP contribution in [0.25, 0.3) is 0 Å². The Morgan fingerprint density at radius 3 is 2.57 bits per heavy atom. The van der Waals surface area contributed by atoms with Crippen molar-refractivity contribution in [3.63, 3.8) is 0 Å². The molecule has 2 aromatic rings. The predicted molar refractivity (Wildman–Crippen MR) is 84.6 cm³/mol. The Labute approximate surface area is 135 Å². The van der Waals surface area contributed by atoms with Gasteiger partial charge in [-0.15, -0.1) is 0 Å². The number of halogens is 3. The highest BCUT2D eigenvalue weighted by atomic mass is 35.5. The second-order valence-electron chi connectivity index (χ2n) is 4.00. The lowest BCUT2D eigenvalue weighted by Gasteiger charge is -2.04. The van der Waals surface area contributed by atoms with Crippen molar-refractivity contribution in [1.82, 2.24) is 5.43 Å². The summed E-state index contributed by atoms with van der Waals surface area (Å²) in [6.45, 7) is 0. The molecule has 0 aliphatic carbocycles. The summed E-state index contributed by atoms with van der Waals surface area (Å²) in [5, 5.41) is 14.3. The zero-order valence-corrected chi connectivity index (χ0v) is 12.7. The highest BCUT2D eigenvalue weighted by Gasteiger charge is 2.09. The average molecular weight is 344 g/mol. The molecular formula is C14H9Cl3N2O2. The molecule has 2 N–H and O–H groups in total. The van der Waals surface area contributed by atoms with Crippen LogP contribution in [0.5, 0.6) is 5.75 Å². The lowest BCUT2D eigenvalue weighted by atomic mass is 10.2. The molecule has 2 aromatic carbocycles. The van der Waals surface area contributed by atoms with Gasteiger partial charge in [-0.2, -0.15) is 5.10 Å². The number of nitrogens with zero attached hydrogens (tertiary/aromatic N) is 1. The van der Waals surface area contributed by atoms with Crippen LogP contribution in [-0.4, -0.2) is 17.2 Å². The number of rotatable bonds is 3. The van der Waals surface area contributed by atoms with Crippen molar-refractivity contribution < 1.29 is 9.90 Å². The Morgan fingerprint density at radius 2 is 1.86 bits per heavy atom. The van der Waals surface area contributed by atoms with Gasteiger partial charge >= 0.3 is 0 Å². The van der Waals surface area contributed by atoms with Crippen LogP contribution in [0.15, 0.2) is 41.5 Å². The molecule has 21 heavy (non-hydrogen) atoms. The number of carbonyl (C=O) groups is 1. The van der Waals surface area contributed by atoms with Gasteiger partial charge in [-0.05, 0) is 30.3 Å². The fraction of sp³-hybridized carbons (Fsp3) is 0. The van der Waals surface area contributed by atoms with Crippen molar-refractivity contribution in [3.05, 3.63) is 62.6 Å². The maximum atomic E-state index is 11.8. The minimum absolute atomic E-state index is 0.141. The number of hydrogen-bond acceptors (Lipinski definition) is 3. The van der Waals surface area contributed by atoms with Crippen LogP contribution in [0.4, 0.5) is 0 Å². The van der Waals surface area contributed by atoms with Gasteiger partial charge in [0.25, 0.3) is 5.91 Å². The number of hydrazone groups is 1. The van der Waals surface area contributed by atoms with Crippen LogP contribution < -0.4 is 5.43 Å². The number of carbonyl (C=O) groups excluding carboxylic acids is 1. The highest BCUT2D eigenvalue weighted by Crippen LogP contribution is 2.31. The number of phenols is 1. The van der Waals surface area contributed by atoms with Crippen LogP contribution >= 0.6 is 34.8 Å². The van der Waals surface area contributed by atoms with E-state index >= 15 is 0 Å². The van der Waals surface area contributed by atoms with E-state index in [2.05, 4.69) is 10.5 Å². The van der Waals surface area contributed by atoms with E-state index < -0.39 is 5.91 Å². The van der Waals surface area contributed by atoms with E-state index in [1.165, 1.54) is 24.4 Å². The Hall–Kier alpha value is -1.75. The molecule has 7 heteroatoms. The molecule has 0 aromatic heterocycles. The topological polar surface area (TPSA) is 61.7 Å². The van der Waals surface area contributed by atoms with Crippen molar-refractivity contribution in [2.45, 2.75) is 0 Å². The van der Waals surface area contributed by atoms with E-state index in [1.807, 2.05) is 0 Å². The third kappa shape index (κ3) is 3.88. The summed E-state index contributed by atoms with van der Waals surface area (Å²) in [5.74, 6) is -0.642. The van der Waals surface area contributed by atoms with Gasteiger partial charge in [0.2, 0.25) is 0 Å². The van der Waals surface area contributed by atoms with Gasteiger partial charge in [0.05, 0.1) is 21.8 Å². The first-order valence-electron chi connectivity index (χ1n) is 5.75. The summed E-state index contributed by atoms with van der Waals surface area (Å²) in [6, 6.07) is 9.40. The number of aromatic hydroxyl groups is 1. The molecule has 0 bridgehead atoms. The first-order chi connectivity index (χ1) is 9.99. The van der Waals surface area contributed by atoms with Crippen molar-refractivity contribution in [3.8, 4) is 5.75 Å². The molecule has 0 saturated carbocycles. The van der Waals surface area contributed by atoms with Crippen LogP contribution in [-0.2, 0) is 0 Å². The molecule has 0 saturated heterocycles. The van der Waals surface area contributed by atoms with E-state index in [0.717, 1.165) is 0 Å². The van der Waals surface area contributed by atoms with Crippen molar-refractivity contribution in [2.24, 2.45) is 5.10 Å². The summed E-state index contributed by atoms with van der Waals surface area (Å²) in [6.07, 6.45) is 1.21. The smallest absolute Gasteiger partial charge is 0.271 e. The summed E-state index contributed by atoms with van der Waals surface area (Å²) in [7, 11) is 0. The molecule has 108 valence electrons. The van der Waals surface area contributed by atoms with Crippen LogP contribution in [0, 0.1) is 0 Å². The molecule has 4 nitrogen and oxygen atoms in total. The van der Waals surface area contributed by atoms with Crippen LogP contribution in [0.1, 0.15) is 15.9 Å². The van der Waals surface area contributed by atoms with Gasteiger partial charge in [-0.1, -0.05) is 40.9 Å². The van der Waals surface area contributed by atoms with E-state index in [4.69, 9.17) is 34.8 Å². The molecule has 0 aliphatic heterocycles. The molecular weight excluding hydrogens is 335 g/mol. The lowest BCUT2D eigenvalue weighted by Crippen LogP contribution is -2.17. The zero-order chi connectivity index (χ0) is 15.4. The molecule has 0 fully saturated rings. The van der Waals surface area contributed by atoms with E-state index in [1.54, 1.807) is 18.2 Å². The SMILES string of the molecule is O=C(NN=Cc1c(Cl)ccc(Cl)c1O)c1cccc(Cl)c1. The average Bonchev–Trinajstić information content (AvgIpc) is 2.46. The molecule has 0 heterocycles. The van der Waals surface area contributed by atoms with Crippen LogP contribution in [0.2, 0.25) is 15.1 Å². The van der Waals surface area contributed by atoms with Crippen molar-refractivity contribution >= 4 is 46.9 Å². The molecule has 1 amide bonds. The third-order valence-corrected chi connectivity index (χ3v) is 3.43. The van der Waals surface area contributed by atoms with Gasteiger partial charge in [0.1, 0.15) is 5.75 Å². The first kappa shape index (κ1) is 15.6. The largest absolute Gasteiger partial charge is 0.506 e. The van der Waals surface area contributed by atoms with Crippen molar-refractivity contribution in [2.75, 3.05) is 0 Å². The lowest BCUT2D eigenvalue weighted by molar-refractivity contribution is 0.0955. The minimum Gasteiger partial charge on any atom is -0.506 e. The Bertz CT molecular complexity index is 717. The second kappa shape index (κ2) is 6.80. The molecule has 2 rings (SSSR count). The highest BCUT2D eigenvalue weighted by molar-refractivity contribution is 6.36. The van der Waals surface area contributed by atoms with Gasteiger partial charge < -0.3 is 5.11 Å². The summed E-state index contributed by atoms with van der Waals surface area (Å²) < 4.78 is 0. The number of hydrogen-bond donors (Lipinski definition) is 2. The first-order valence-corrected chi connectivity index (χ1v) is 6.88. The number of nitrogens with one attached hydrogen (secondary N) is 1.